The first-order valence-corrected chi connectivity index (χ1v) is 10.8. The van der Waals surface area contributed by atoms with Crippen LogP contribution < -0.4 is 18.6 Å². The Morgan fingerprint density at radius 3 is 2.37 bits per heavy atom. The number of benzene rings is 2. The van der Waals surface area contributed by atoms with Gasteiger partial charge in [-0.2, -0.15) is 8.42 Å². The molecular weight excluding hydrogens is 412 g/mol. The van der Waals surface area contributed by atoms with Gasteiger partial charge in [-0.25, -0.2) is 4.79 Å². The number of ether oxygens (including phenoxy) is 2. The van der Waals surface area contributed by atoms with Gasteiger partial charge in [0.2, 0.25) is 5.75 Å². The molecular formula is C20H24N2O7S. The summed E-state index contributed by atoms with van der Waals surface area (Å²) in [5.41, 5.74) is 0.612. The second-order valence-electron chi connectivity index (χ2n) is 6.63. The van der Waals surface area contributed by atoms with E-state index in [9.17, 15) is 18.3 Å². The number of anilines is 1. The van der Waals surface area contributed by atoms with Gasteiger partial charge in [-0.15, -0.1) is 0 Å². The van der Waals surface area contributed by atoms with Gasteiger partial charge in [0.25, 0.3) is 0 Å². The number of hydrogen-bond acceptors (Lipinski definition) is 7. The summed E-state index contributed by atoms with van der Waals surface area (Å²) in [5.74, 6) is -0.248. The molecule has 1 saturated heterocycles. The van der Waals surface area contributed by atoms with Gasteiger partial charge in [0.05, 0.1) is 14.2 Å². The molecule has 1 fully saturated rings. The van der Waals surface area contributed by atoms with Crippen LogP contribution in [-0.4, -0.2) is 58.3 Å². The molecule has 2 aromatic rings. The summed E-state index contributed by atoms with van der Waals surface area (Å²) < 4.78 is 40.5. The molecule has 1 heterocycles. The quantitative estimate of drug-likeness (QED) is 0.634. The first-order valence-electron chi connectivity index (χ1n) is 9.36. The number of urea groups is 1. The average Bonchev–Trinajstić information content (AvgIpc) is 3.08. The second-order valence-corrected chi connectivity index (χ2v) is 8.18. The Bertz CT molecular complexity index is 1020. The van der Waals surface area contributed by atoms with Gasteiger partial charge in [0, 0.05) is 37.5 Å². The van der Waals surface area contributed by atoms with Gasteiger partial charge in [0.1, 0.15) is 4.90 Å². The molecule has 0 bridgehead atoms. The Morgan fingerprint density at radius 1 is 1.07 bits per heavy atom. The molecule has 2 amide bonds. The number of nitrogens with zero attached hydrogens (tertiary/aromatic N) is 2. The van der Waals surface area contributed by atoms with Crippen molar-refractivity contribution in [1.29, 1.82) is 0 Å². The predicted octanol–water partition coefficient (Wildman–Crippen LogP) is 2.83. The molecule has 10 heteroatoms. The maximum atomic E-state index is 12.6. The first-order chi connectivity index (χ1) is 14.3. The molecule has 0 saturated carbocycles. The largest absolute Gasteiger partial charge is 0.504 e. The number of hydrogen-bond donors (Lipinski definition) is 1. The number of phenols is 1. The molecule has 0 atom stereocenters. The minimum absolute atomic E-state index is 0.0685. The standard InChI is InChI=1S/C20H24N2O7S/c1-4-9-21-10-11-22(20(21)24)14-5-7-16(8-6-14)30(25,26)29-15-12-17(23)19(28-3)18(13-15)27-2/h5-8,12-13,23H,4,9-11H2,1-3H3. The monoisotopic (exact) mass is 436 g/mol. The van der Waals surface area contributed by atoms with Gasteiger partial charge >= 0.3 is 16.1 Å². The lowest BCUT2D eigenvalue weighted by Gasteiger charge is -2.18. The third kappa shape index (κ3) is 4.23. The van der Waals surface area contributed by atoms with Gasteiger partial charge < -0.3 is 23.7 Å². The molecule has 0 spiro atoms. The Labute approximate surface area is 175 Å². The first kappa shape index (κ1) is 21.6. The predicted molar refractivity (Wildman–Crippen MR) is 110 cm³/mol. The summed E-state index contributed by atoms with van der Waals surface area (Å²) in [7, 11) is -1.46. The van der Waals surface area contributed by atoms with Crippen molar-refractivity contribution in [3.05, 3.63) is 36.4 Å². The van der Waals surface area contributed by atoms with Crippen LogP contribution in [-0.2, 0) is 10.1 Å². The van der Waals surface area contributed by atoms with Gasteiger partial charge in [-0.1, -0.05) is 6.92 Å². The lowest BCUT2D eigenvalue weighted by molar-refractivity contribution is 0.220. The van der Waals surface area contributed by atoms with E-state index in [-0.39, 0.29) is 33.9 Å². The number of carbonyl (C=O) groups excluding carboxylic acids is 1. The number of methoxy groups -OCH3 is 2. The summed E-state index contributed by atoms with van der Waals surface area (Å²) >= 11 is 0. The zero-order valence-corrected chi connectivity index (χ0v) is 17.8. The maximum Gasteiger partial charge on any atom is 0.339 e. The Hall–Kier alpha value is -3.14. The van der Waals surface area contributed by atoms with Crippen molar-refractivity contribution in [3.63, 3.8) is 0 Å². The van der Waals surface area contributed by atoms with E-state index in [0.717, 1.165) is 12.5 Å². The normalized spacial score (nSPS) is 14.2. The topological polar surface area (TPSA) is 106 Å². The van der Waals surface area contributed by atoms with Crippen molar-refractivity contribution in [2.45, 2.75) is 18.2 Å². The lowest BCUT2D eigenvalue weighted by Crippen LogP contribution is -2.32. The van der Waals surface area contributed by atoms with E-state index in [2.05, 4.69) is 0 Å². The van der Waals surface area contributed by atoms with Crippen molar-refractivity contribution in [2.24, 2.45) is 0 Å². The highest BCUT2D eigenvalue weighted by atomic mass is 32.2. The third-order valence-electron chi connectivity index (χ3n) is 4.66. The summed E-state index contributed by atoms with van der Waals surface area (Å²) in [6, 6.07) is 8.21. The van der Waals surface area contributed by atoms with Crippen LogP contribution in [0.2, 0.25) is 0 Å². The Morgan fingerprint density at radius 2 is 1.77 bits per heavy atom. The van der Waals surface area contributed by atoms with Crippen molar-refractivity contribution in [3.8, 4) is 23.0 Å². The average molecular weight is 436 g/mol. The molecule has 30 heavy (non-hydrogen) atoms. The minimum Gasteiger partial charge on any atom is -0.504 e. The highest BCUT2D eigenvalue weighted by Crippen LogP contribution is 2.40. The van der Waals surface area contributed by atoms with Gasteiger partial charge in [-0.3, -0.25) is 4.90 Å². The van der Waals surface area contributed by atoms with Crippen LogP contribution in [0.5, 0.6) is 23.0 Å². The summed E-state index contributed by atoms with van der Waals surface area (Å²) in [6.07, 6.45) is 0.875. The van der Waals surface area contributed by atoms with E-state index >= 15 is 0 Å². The SMILES string of the molecule is CCCN1CCN(c2ccc(S(=O)(=O)Oc3cc(O)c(OC)c(OC)c3)cc2)C1=O. The van der Waals surface area contributed by atoms with Gasteiger partial charge in [0.15, 0.2) is 17.2 Å². The van der Waals surface area contributed by atoms with E-state index in [1.165, 1.54) is 32.4 Å². The van der Waals surface area contributed by atoms with Gasteiger partial charge in [-0.05, 0) is 30.7 Å². The summed E-state index contributed by atoms with van der Waals surface area (Å²) in [4.78, 5) is 15.7. The fraction of sp³-hybridized carbons (Fsp3) is 0.350. The zero-order valence-electron chi connectivity index (χ0n) is 17.0. The molecule has 1 aliphatic heterocycles. The highest BCUT2D eigenvalue weighted by Gasteiger charge is 2.29. The van der Waals surface area contributed by atoms with Crippen LogP contribution in [0.1, 0.15) is 13.3 Å². The highest BCUT2D eigenvalue weighted by molar-refractivity contribution is 7.87. The maximum absolute atomic E-state index is 12.6. The Balaban J connectivity index is 1.79. The number of amides is 2. The number of phenolic OH excluding ortho intramolecular Hbond substituents is 1. The van der Waals surface area contributed by atoms with Crippen molar-refractivity contribution in [1.82, 2.24) is 4.90 Å². The number of carbonyl (C=O) groups is 1. The van der Waals surface area contributed by atoms with E-state index < -0.39 is 10.1 Å². The molecule has 0 radical (unpaired) electrons. The van der Waals surface area contributed by atoms with Crippen LogP contribution in [0.4, 0.5) is 10.5 Å². The molecule has 3 rings (SSSR count). The fourth-order valence-corrected chi connectivity index (χ4v) is 4.15. The number of aromatic hydroxyl groups is 1. The summed E-state index contributed by atoms with van der Waals surface area (Å²) in [5, 5.41) is 9.99. The van der Waals surface area contributed by atoms with Crippen LogP contribution in [0.3, 0.4) is 0 Å². The third-order valence-corrected chi connectivity index (χ3v) is 5.93. The molecule has 9 nitrogen and oxygen atoms in total. The summed E-state index contributed by atoms with van der Waals surface area (Å²) in [6.45, 7) is 3.88. The van der Waals surface area contributed by atoms with Crippen molar-refractivity contribution < 1.29 is 32.0 Å². The van der Waals surface area contributed by atoms with E-state index in [0.29, 0.717) is 25.3 Å². The van der Waals surface area contributed by atoms with Crippen LogP contribution >= 0.6 is 0 Å². The van der Waals surface area contributed by atoms with Crippen LogP contribution in [0, 0.1) is 0 Å². The smallest absolute Gasteiger partial charge is 0.339 e. The molecule has 2 aromatic carbocycles. The molecule has 1 N–H and O–H groups in total. The molecule has 1 aliphatic rings. The van der Waals surface area contributed by atoms with Crippen molar-refractivity contribution in [2.75, 3.05) is 38.8 Å². The van der Waals surface area contributed by atoms with E-state index in [4.69, 9.17) is 13.7 Å². The Kier molecular flexibility index (Phi) is 6.25. The van der Waals surface area contributed by atoms with E-state index in [1.807, 2.05) is 6.92 Å². The number of rotatable bonds is 8. The molecule has 0 unspecified atom stereocenters. The van der Waals surface area contributed by atoms with E-state index in [1.54, 1.807) is 21.9 Å². The van der Waals surface area contributed by atoms with Crippen LogP contribution in [0.15, 0.2) is 41.3 Å². The fourth-order valence-electron chi connectivity index (χ4n) is 3.23. The van der Waals surface area contributed by atoms with Crippen molar-refractivity contribution >= 4 is 21.8 Å². The zero-order chi connectivity index (χ0) is 21.9. The molecule has 162 valence electrons. The lowest BCUT2D eigenvalue weighted by atomic mass is 10.3. The molecule has 0 aliphatic carbocycles. The second kappa shape index (κ2) is 8.70. The molecule has 0 aromatic heterocycles. The minimum atomic E-state index is -4.17. The van der Waals surface area contributed by atoms with Crippen LogP contribution in [0.25, 0.3) is 0 Å².